The molecule has 0 aromatic heterocycles. The van der Waals surface area contributed by atoms with Gasteiger partial charge in [-0.1, -0.05) is 18.2 Å². The minimum absolute atomic E-state index is 0.0889. The van der Waals surface area contributed by atoms with Crippen LogP contribution in [0.2, 0.25) is 0 Å². The molecule has 1 saturated heterocycles. The van der Waals surface area contributed by atoms with Crippen LogP contribution in [0, 0.1) is 0 Å². The van der Waals surface area contributed by atoms with Crippen LogP contribution in [-0.4, -0.2) is 32.2 Å². The Morgan fingerprint density at radius 1 is 1.14 bits per heavy atom. The van der Waals surface area contributed by atoms with Crippen molar-refractivity contribution in [1.82, 2.24) is 0 Å². The van der Waals surface area contributed by atoms with Crippen molar-refractivity contribution in [3.05, 3.63) is 60.2 Å². The Kier molecular flexibility index (Phi) is 4.39. The summed E-state index contributed by atoms with van der Waals surface area (Å²) in [5.74, 6) is -0.0889. The van der Waals surface area contributed by atoms with Gasteiger partial charge >= 0.3 is 0 Å². The van der Waals surface area contributed by atoms with Crippen LogP contribution in [0.3, 0.4) is 0 Å². The number of anilines is 2. The number of nitrogens with one attached hydrogen (secondary N) is 1. The molecule has 0 radical (unpaired) electrons. The number of ether oxygens (including phenoxy) is 1. The molecule has 0 aliphatic carbocycles. The highest BCUT2D eigenvalue weighted by atomic mass is 16.5. The molecule has 1 aliphatic heterocycles. The molecular formula is C18H20N2O2. The van der Waals surface area contributed by atoms with Gasteiger partial charge in [0.15, 0.2) is 0 Å². The van der Waals surface area contributed by atoms with E-state index in [1.807, 2.05) is 42.5 Å². The SMILES string of the molecule is CO[C@@H]1CCN(c2ccc(NC(=O)c3ccccc3)cc2)C1. The zero-order valence-electron chi connectivity index (χ0n) is 12.7. The molecular weight excluding hydrogens is 276 g/mol. The minimum Gasteiger partial charge on any atom is -0.380 e. The quantitative estimate of drug-likeness (QED) is 0.942. The van der Waals surface area contributed by atoms with Gasteiger partial charge in [-0.25, -0.2) is 0 Å². The van der Waals surface area contributed by atoms with Crippen molar-refractivity contribution in [3.8, 4) is 0 Å². The lowest BCUT2D eigenvalue weighted by atomic mass is 10.2. The Morgan fingerprint density at radius 2 is 1.86 bits per heavy atom. The van der Waals surface area contributed by atoms with Crippen LogP contribution < -0.4 is 10.2 Å². The molecule has 0 bridgehead atoms. The Balaban J connectivity index is 1.64. The fourth-order valence-electron chi connectivity index (χ4n) is 2.70. The van der Waals surface area contributed by atoms with Gasteiger partial charge in [-0.2, -0.15) is 0 Å². The third kappa shape index (κ3) is 3.28. The minimum atomic E-state index is -0.0889. The molecule has 1 atom stereocenters. The first-order chi connectivity index (χ1) is 10.8. The number of methoxy groups -OCH3 is 1. The van der Waals surface area contributed by atoms with E-state index in [0.717, 1.165) is 30.9 Å². The number of benzene rings is 2. The Bertz CT molecular complexity index is 625. The standard InChI is InChI=1S/C18H20N2O2/c1-22-17-11-12-20(13-17)16-9-7-15(8-10-16)19-18(21)14-5-3-2-4-6-14/h2-10,17H,11-13H2,1H3,(H,19,21)/t17-/m1/s1. The predicted octanol–water partition coefficient (Wildman–Crippen LogP) is 3.16. The second kappa shape index (κ2) is 6.62. The number of rotatable bonds is 4. The highest BCUT2D eigenvalue weighted by molar-refractivity contribution is 6.04. The lowest BCUT2D eigenvalue weighted by Gasteiger charge is -2.18. The first kappa shape index (κ1) is 14.6. The second-order valence-corrected chi connectivity index (χ2v) is 5.46. The number of hydrogen-bond donors (Lipinski definition) is 1. The highest BCUT2D eigenvalue weighted by Crippen LogP contribution is 2.23. The molecule has 4 heteroatoms. The van der Waals surface area contributed by atoms with Crippen molar-refractivity contribution in [3.63, 3.8) is 0 Å². The summed E-state index contributed by atoms with van der Waals surface area (Å²) in [7, 11) is 1.76. The van der Waals surface area contributed by atoms with Gasteiger partial charge in [0.2, 0.25) is 0 Å². The van der Waals surface area contributed by atoms with Crippen LogP contribution in [0.1, 0.15) is 16.8 Å². The van der Waals surface area contributed by atoms with E-state index in [1.165, 1.54) is 0 Å². The monoisotopic (exact) mass is 296 g/mol. The molecule has 1 aliphatic rings. The van der Waals surface area contributed by atoms with Crippen LogP contribution in [0.5, 0.6) is 0 Å². The largest absolute Gasteiger partial charge is 0.380 e. The van der Waals surface area contributed by atoms with E-state index < -0.39 is 0 Å². The third-order valence-electron chi connectivity index (χ3n) is 4.00. The smallest absolute Gasteiger partial charge is 0.255 e. The maximum atomic E-state index is 12.1. The van der Waals surface area contributed by atoms with Crippen molar-refractivity contribution >= 4 is 17.3 Å². The van der Waals surface area contributed by atoms with Crippen molar-refractivity contribution < 1.29 is 9.53 Å². The summed E-state index contributed by atoms with van der Waals surface area (Å²) >= 11 is 0. The third-order valence-corrected chi connectivity index (χ3v) is 4.00. The maximum Gasteiger partial charge on any atom is 0.255 e. The van der Waals surface area contributed by atoms with Gasteiger partial charge in [-0.3, -0.25) is 4.79 Å². The molecule has 1 N–H and O–H groups in total. The topological polar surface area (TPSA) is 41.6 Å². The van der Waals surface area contributed by atoms with Crippen LogP contribution in [0.15, 0.2) is 54.6 Å². The van der Waals surface area contributed by atoms with Gasteiger partial charge in [-0.05, 0) is 42.8 Å². The Labute approximate surface area is 130 Å². The van der Waals surface area contributed by atoms with E-state index in [2.05, 4.69) is 10.2 Å². The van der Waals surface area contributed by atoms with Crippen LogP contribution >= 0.6 is 0 Å². The van der Waals surface area contributed by atoms with Crippen molar-refractivity contribution in [1.29, 1.82) is 0 Å². The van der Waals surface area contributed by atoms with Gasteiger partial charge in [0.05, 0.1) is 6.10 Å². The molecule has 1 fully saturated rings. The van der Waals surface area contributed by atoms with Crippen LogP contribution in [0.4, 0.5) is 11.4 Å². The summed E-state index contributed by atoms with van der Waals surface area (Å²) in [6, 6.07) is 17.2. The summed E-state index contributed by atoms with van der Waals surface area (Å²) in [5, 5.41) is 2.91. The number of hydrogen-bond acceptors (Lipinski definition) is 3. The summed E-state index contributed by atoms with van der Waals surface area (Å²) < 4.78 is 5.39. The van der Waals surface area contributed by atoms with Crippen LogP contribution in [-0.2, 0) is 4.74 Å². The van der Waals surface area contributed by atoms with E-state index in [4.69, 9.17) is 4.74 Å². The molecule has 1 heterocycles. The van der Waals surface area contributed by atoms with Gasteiger partial charge in [0.1, 0.15) is 0 Å². The molecule has 2 aromatic carbocycles. The summed E-state index contributed by atoms with van der Waals surface area (Å²) in [6.07, 6.45) is 1.38. The highest BCUT2D eigenvalue weighted by Gasteiger charge is 2.22. The molecule has 2 aromatic rings. The van der Waals surface area contributed by atoms with Gasteiger partial charge in [0, 0.05) is 37.1 Å². The van der Waals surface area contributed by atoms with Gasteiger partial charge in [0.25, 0.3) is 5.91 Å². The van der Waals surface area contributed by atoms with E-state index in [1.54, 1.807) is 19.2 Å². The predicted molar refractivity (Wildman–Crippen MR) is 88.5 cm³/mol. The average Bonchev–Trinajstić information content (AvgIpc) is 3.05. The number of nitrogens with zero attached hydrogens (tertiary/aromatic N) is 1. The fraction of sp³-hybridized carbons (Fsp3) is 0.278. The van der Waals surface area contributed by atoms with Gasteiger partial charge < -0.3 is 15.0 Å². The molecule has 0 spiro atoms. The van der Waals surface area contributed by atoms with E-state index >= 15 is 0 Å². The average molecular weight is 296 g/mol. The summed E-state index contributed by atoms with van der Waals surface area (Å²) in [6.45, 7) is 1.93. The van der Waals surface area contributed by atoms with E-state index in [0.29, 0.717) is 11.7 Å². The molecule has 114 valence electrons. The van der Waals surface area contributed by atoms with Crippen molar-refractivity contribution in [2.45, 2.75) is 12.5 Å². The summed E-state index contributed by atoms with van der Waals surface area (Å²) in [5.41, 5.74) is 2.63. The maximum absolute atomic E-state index is 12.1. The molecule has 0 saturated carbocycles. The Morgan fingerprint density at radius 3 is 2.50 bits per heavy atom. The lowest BCUT2D eigenvalue weighted by Crippen LogP contribution is -2.22. The number of carbonyl (C=O) groups is 1. The van der Waals surface area contributed by atoms with E-state index in [9.17, 15) is 4.79 Å². The molecule has 0 unspecified atom stereocenters. The normalized spacial score (nSPS) is 17.5. The number of amides is 1. The lowest BCUT2D eigenvalue weighted by molar-refractivity contribution is 0.102. The summed E-state index contributed by atoms with van der Waals surface area (Å²) in [4.78, 5) is 14.4. The molecule has 3 rings (SSSR count). The fourth-order valence-corrected chi connectivity index (χ4v) is 2.70. The number of carbonyl (C=O) groups excluding carboxylic acids is 1. The molecule has 4 nitrogen and oxygen atoms in total. The van der Waals surface area contributed by atoms with Gasteiger partial charge in [-0.15, -0.1) is 0 Å². The van der Waals surface area contributed by atoms with Crippen LogP contribution in [0.25, 0.3) is 0 Å². The Hall–Kier alpha value is -2.33. The van der Waals surface area contributed by atoms with Crippen molar-refractivity contribution in [2.24, 2.45) is 0 Å². The van der Waals surface area contributed by atoms with E-state index in [-0.39, 0.29) is 5.91 Å². The molecule has 22 heavy (non-hydrogen) atoms. The second-order valence-electron chi connectivity index (χ2n) is 5.46. The first-order valence-corrected chi connectivity index (χ1v) is 7.50. The van der Waals surface area contributed by atoms with Crippen molar-refractivity contribution in [2.75, 3.05) is 30.4 Å². The molecule has 1 amide bonds. The zero-order chi connectivity index (χ0) is 15.4. The zero-order valence-corrected chi connectivity index (χ0v) is 12.7. The first-order valence-electron chi connectivity index (χ1n) is 7.50.